The first-order valence-electron chi connectivity index (χ1n) is 9.70. The summed E-state index contributed by atoms with van der Waals surface area (Å²) in [6.07, 6.45) is 0. The van der Waals surface area contributed by atoms with Crippen molar-refractivity contribution in [3.63, 3.8) is 0 Å². The summed E-state index contributed by atoms with van der Waals surface area (Å²) in [5, 5.41) is 2.99. The number of anilines is 3. The fourth-order valence-electron chi connectivity index (χ4n) is 4.67. The molecule has 150 valence electrons. The molecule has 2 aromatic carbocycles. The highest BCUT2D eigenvalue weighted by Gasteiger charge is 2.67. The lowest BCUT2D eigenvalue weighted by Gasteiger charge is -2.31. The van der Waals surface area contributed by atoms with E-state index in [-0.39, 0.29) is 22.9 Å². The van der Waals surface area contributed by atoms with Crippen molar-refractivity contribution in [1.82, 2.24) is 0 Å². The van der Waals surface area contributed by atoms with Crippen molar-refractivity contribution >= 4 is 23.1 Å². The minimum Gasteiger partial charge on any atom is -0.497 e. The van der Waals surface area contributed by atoms with Crippen LogP contribution in [-0.4, -0.2) is 19.2 Å². The molecule has 2 aromatic rings. The minimum absolute atomic E-state index is 0.0170. The number of nitrogen functional groups attached to an aromatic ring is 1. The van der Waals surface area contributed by atoms with E-state index in [0.29, 0.717) is 17.3 Å². The van der Waals surface area contributed by atoms with Gasteiger partial charge in [-0.25, -0.2) is 4.79 Å². The lowest BCUT2D eigenvalue weighted by atomic mass is 10.0. The van der Waals surface area contributed by atoms with Gasteiger partial charge in [-0.05, 0) is 60.1 Å². The average Bonchev–Trinajstić information content (AvgIpc) is 3.06. The molecule has 1 aliphatic rings. The van der Waals surface area contributed by atoms with Crippen molar-refractivity contribution in [2.24, 2.45) is 16.7 Å². The standard InChI is InChI=1S/C23H31N3O2/c1-15(20-22(2,3)23(20,4)5)26(16-11-13-17(28-6)14-12-16)21(27)25-19-10-8-7-9-18(19)24/h7-15,20H,24H2,1-6H3,(H,25,27)/t15-/m1/s1. The molecule has 0 heterocycles. The molecule has 5 nitrogen and oxygen atoms in total. The van der Waals surface area contributed by atoms with Gasteiger partial charge in [0.2, 0.25) is 0 Å². The molecule has 1 aliphatic carbocycles. The van der Waals surface area contributed by atoms with E-state index < -0.39 is 0 Å². The van der Waals surface area contributed by atoms with Crippen LogP contribution < -0.4 is 20.7 Å². The molecule has 0 aliphatic heterocycles. The number of benzene rings is 2. The molecular weight excluding hydrogens is 350 g/mol. The van der Waals surface area contributed by atoms with Crippen LogP contribution in [-0.2, 0) is 0 Å². The van der Waals surface area contributed by atoms with Gasteiger partial charge in [0.15, 0.2) is 0 Å². The number of amides is 2. The molecule has 5 heteroatoms. The monoisotopic (exact) mass is 381 g/mol. The summed E-state index contributed by atoms with van der Waals surface area (Å²) >= 11 is 0. The second-order valence-electron chi connectivity index (χ2n) is 8.75. The normalized spacial score (nSPS) is 18.2. The van der Waals surface area contributed by atoms with E-state index in [1.165, 1.54) is 0 Å². The fraction of sp³-hybridized carbons (Fsp3) is 0.435. The Hall–Kier alpha value is -2.69. The molecule has 2 amide bonds. The third-order valence-electron chi connectivity index (χ3n) is 6.79. The Morgan fingerprint density at radius 1 is 1.07 bits per heavy atom. The summed E-state index contributed by atoms with van der Waals surface area (Å²) in [6, 6.07) is 14.7. The Morgan fingerprint density at radius 3 is 2.14 bits per heavy atom. The minimum atomic E-state index is -0.186. The van der Waals surface area contributed by atoms with Crippen molar-refractivity contribution in [1.29, 1.82) is 0 Å². The summed E-state index contributed by atoms with van der Waals surface area (Å²) < 4.78 is 5.27. The second kappa shape index (κ2) is 7.04. The molecule has 0 radical (unpaired) electrons. The van der Waals surface area contributed by atoms with Crippen LogP contribution in [0.2, 0.25) is 0 Å². The predicted octanol–water partition coefficient (Wildman–Crippen LogP) is 5.39. The topological polar surface area (TPSA) is 67.6 Å². The molecule has 0 aromatic heterocycles. The number of hydrogen-bond acceptors (Lipinski definition) is 3. The van der Waals surface area contributed by atoms with Crippen molar-refractivity contribution < 1.29 is 9.53 Å². The molecule has 3 rings (SSSR count). The van der Waals surface area contributed by atoms with Gasteiger partial charge in [-0.2, -0.15) is 0 Å². The first-order valence-corrected chi connectivity index (χ1v) is 9.70. The molecule has 1 fully saturated rings. The number of methoxy groups -OCH3 is 1. The number of hydrogen-bond donors (Lipinski definition) is 2. The van der Waals surface area contributed by atoms with Gasteiger partial charge in [-0.15, -0.1) is 0 Å². The van der Waals surface area contributed by atoms with Crippen LogP contribution in [0, 0.1) is 16.7 Å². The molecule has 28 heavy (non-hydrogen) atoms. The predicted molar refractivity (Wildman–Crippen MR) is 116 cm³/mol. The number of urea groups is 1. The molecule has 1 saturated carbocycles. The number of nitrogens with zero attached hydrogens (tertiary/aromatic N) is 1. The van der Waals surface area contributed by atoms with E-state index in [0.717, 1.165) is 11.4 Å². The number of para-hydroxylation sites is 2. The van der Waals surface area contributed by atoms with E-state index in [1.54, 1.807) is 13.2 Å². The lowest BCUT2D eigenvalue weighted by Crippen LogP contribution is -2.44. The van der Waals surface area contributed by atoms with E-state index in [1.807, 2.05) is 47.4 Å². The number of nitrogens with one attached hydrogen (secondary N) is 1. The SMILES string of the molecule is COc1ccc(N(C(=O)Nc2ccccc2N)[C@H](C)C2C(C)(C)C2(C)C)cc1. The molecule has 0 saturated heterocycles. The summed E-state index contributed by atoms with van der Waals surface area (Å²) in [6.45, 7) is 11.2. The van der Waals surface area contributed by atoms with Gasteiger partial charge in [0, 0.05) is 11.7 Å². The van der Waals surface area contributed by atoms with Gasteiger partial charge in [-0.3, -0.25) is 4.90 Å². The zero-order valence-corrected chi connectivity index (χ0v) is 17.6. The van der Waals surface area contributed by atoms with Crippen LogP contribution in [0.3, 0.4) is 0 Å². The van der Waals surface area contributed by atoms with E-state index in [4.69, 9.17) is 10.5 Å². The highest BCUT2D eigenvalue weighted by atomic mass is 16.5. The Balaban J connectivity index is 1.94. The highest BCUT2D eigenvalue weighted by molar-refractivity contribution is 6.03. The Kier molecular flexibility index (Phi) is 5.04. The number of rotatable bonds is 5. The molecule has 0 bridgehead atoms. The number of nitrogens with two attached hydrogens (primary N) is 1. The maximum Gasteiger partial charge on any atom is 0.326 e. The first-order chi connectivity index (χ1) is 13.1. The molecule has 1 atom stereocenters. The van der Waals surface area contributed by atoms with Crippen LogP contribution in [0.4, 0.5) is 21.9 Å². The summed E-state index contributed by atoms with van der Waals surface area (Å²) in [5.74, 6) is 1.14. The van der Waals surface area contributed by atoms with Crippen molar-refractivity contribution in [3.8, 4) is 5.75 Å². The van der Waals surface area contributed by atoms with Crippen LogP contribution in [0.5, 0.6) is 5.75 Å². The zero-order valence-electron chi connectivity index (χ0n) is 17.6. The highest BCUT2D eigenvalue weighted by Crippen LogP contribution is 2.70. The Labute approximate surface area is 167 Å². The fourth-order valence-corrected chi connectivity index (χ4v) is 4.67. The van der Waals surface area contributed by atoms with Gasteiger partial charge in [0.1, 0.15) is 5.75 Å². The Bertz CT molecular complexity index is 844. The first kappa shape index (κ1) is 20.1. The van der Waals surface area contributed by atoms with E-state index >= 15 is 0 Å². The smallest absolute Gasteiger partial charge is 0.326 e. The molecular formula is C23H31N3O2. The molecule has 0 spiro atoms. The van der Waals surface area contributed by atoms with Crippen LogP contribution in [0.1, 0.15) is 34.6 Å². The van der Waals surface area contributed by atoms with Crippen LogP contribution >= 0.6 is 0 Å². The molecule has 0 unspecified atom stereocenters. The second-order valence-corrected chi connectivity index (χ2v) is 8.75. The van der Waals surface area contributed by atoms with Gasteiger partial charge >= 0.3 is 6.03 Å². The third kappa shape index (κ3) is 3.30. The van der Waals surface area contributed by atoms with Crippen LogP contribution in [0.15, 0.2) is 48.5 Å². The largest absolute Gasteiger partial charge is 0.497 e. The number of carbonyl (C=O) groups is 1. The van der Waals surface area contributed by atoms with Crippen molar-refractivity contribution in [2.45, 2.75) is 40.7 Å². The lowest BCUT2D eigenvalue weighted by molar-refractivity contribution is 0.253. The average molecular weight is 382 g/mol. The summed E-state index contributed by atoms with van der Waals surface area (Å²) in [7, 11) is 1.63. The number of carbonyl (C=O) groups excluding carboxylic acids is 1. The van der Waals surface area contributed by atoms with Crippen molar-refractivity contribution in [2.75, 3.05) is 23.1 Å². The van der Waals surface area contributed by atoms with Gasteiger partial charge in [-0.1, -0.05) is 39.8 Å². The van der Waals surface area contributed by atoms with E-state index in [2.05, 4.69) is 39.9 Å². The van der Waals surface area contributed by atoms with E-state index in [9.17, 15) is 4.79 Å². The van der Waals surface area contributed by atoms with Gasteiger partial charge < -0.3 is 15.8 Å². The maximum absolute atomic E-state index is 13.3. The Morgan fingerprint density at radius 2 is 1.64 bits per heavy atom. The quantitative estimate of drug-likeness (QED) is 0.683. The zero-order chi connectivity index (χ0) is 20.7. The molecule has 3 N–H and O–H groups in total. The van der Waals surface area contributed by atoms with Crippen LogP contribution in [0.25, 0.3) is 0 Å². The van der Waals surface area contributed by atoms with Crippen molar-refractivity contribution in [3.05, 3.63) is 48.5 Å². The summed E-state index contributed by atoms with van der Waals surface area (Å²) in [5.41, 5.74) is 8.34. The maximum atomic E-state index is 13.3. The number of ether oxygens (including phenoxy) is 1. The third-order valence-corrected chi connectivity index (χ3v) is 6.79. The summed E-state index contributed by atoms with van der Waals surface area (Å²) in [4.78, 5) is 15.2. The van der Waals surface area contributed by atoms with Gasteiger partial charge in [0.25, 0.3) is 0 Å². The van der Waals surface area contributed by atoms with Gasteiger partial charge in [0.05, 0.1) is 18.5 Å².